The number of rotatable bonds is 7. The number of halogens is 1. The number of aliphatic hydroxyl groups excluding tert-OH is 1. The van der Waals surface area contributed by atoms with Gasteiger partial charge in [-0.1, -0.05) is 48.0 Å². The molecule has 29 heavy (non-hydrogen) atoms. The van der Waals surface area contributed by atoms with Crippen molar-refractivity contribution in [2.24, 2.45) is 0 Å². The topological polar surface area (TPSA) is 75.4 Å². The third-order valence-corrected chi connectivity index (χ3v) is 4.78. The summed E-state index contributed by atoms with van der Waals surface area (Å²) in [5, 5.41) is 14.6. The van der Waals surface area contributed by atoms with Crippen LogP contribution in [0.1, 0.15) is 24.2 Å². The summed E-state index contributed by atoms with van der Waals surface area (Å²) in [6.45, 7) is 3.48. The van der Waals surface area contributed by atoms with E-state index in [1.165, 1.54) is 11.6 Å². The molecule has 0 bridgehead atoms. The van der Waals surface area contributed by atoms with Crippen molar-refractivity contribution >= 4 is 28.8 Å². The maximum atomic E-state index is 13.3. The van der Waals surface area contributed by atoms with Crippen LogP contribution in [-0.2, 0) is 6.54 Å². The third kappa shape index (κ3) is 4.23. The largest absolute Gasteiger partial charge is 0.395 e. The molecule has 0 fully saturated rings. The van der Waals surface area contributed by atoms with Gasteiger partial charge < -0.3 is 10.0 Å². The van der Waals surface area contributed by atoms with Gasteiger partial charge >= 0.3 is 0 Å². The first-order valence-electron chi connectivity index (χ1n) is 9.33. The van der Waals surface area contributed by atoms with Gasteiger partial charge in [-0.2, -0.15) is 5.10 Å². The minimum Gasteiger partial charge on any atom is -0.395 e. The molecule has 0 atom stereocenters. The average molecular weight is 412 g/mol. The Hall–Kier alpha value is -2.96. The zero-order valence-electron chi connectivity index (χ0n) is 16.3. The van der Waals surface area contributed by atoms with E-state index in [2.05, 4.69) is 5.10 Å². The maximum absolute atomic E-state index is 13.3. The molecule has 0 saturated heterocycles. The second-order valence-electron chi connectivity index (χ2n) is 6.47. The van der Waals surface area contributed by atoms with Crippen LogP contribution in [0, 0.1) is 0 Å². The Kier molecular flexibility index (Phi) is 6.46. The number of hydrogen-bond acceptors (Lipinski definition) is 5. The minimum absolute atomic E-state index is 0.123. The van der Waals surface area contributed by atoms with Crippen LogP contribution in [0.25, 0.3) is 11.3 Å². The highest BCUT2D eigenvalue weighted by molar-refractivity contribution is 6.30. The highest BCUT2D eigenvalue weighted by atomic mass is 35.5. The highest BCUT2D eigenvalue weighted by Gasteiger charge is 2.26. The number of carbonyl (C=O) groups excluding carboxylic acids is 1. The fourth-order valence-electron chi connectivity index (χ4n) is 3.27. The molecular formula is C22H22ClN3O3. The molecule has 2 aromatic carbocycles. The second kappa shape index (κ2) is 9.03. The summed E-state index contributed by atoms with van der Waals surface area (Å²) >= 11 is 6.15. The Labute approximate surface area is 174 Å². The van der Waals surface area contributed by atoms with E-state index in [4.69, 9.17) is 11.6 Å². The molecule has 1 heterocycles. The molecule has 7 heteroatoms. The molecule has 0 aliphatic rings. The zero-order valence-corrected chi connectivity index (χ0v) is 17.1. The van der Waals surface area contributed by atoms with E-state index in [0.717, 1.165) is 5.56 Å². The molecule has 0 unspecified atom stereocenters. The summed E-state index contributed by atoms with van der Waals surface area (Å²) in [7, 11) is 0. The Balaban J connectivity index is 2.39. The van der Waals surface area contributed by atoms with Crippen LogP contribution in [0.3, 0.4) is 0 Å². The number of ketones is 1. The van der Waals surface area contributed by atoms with E-state index in [0.29, 0.717) is 22.9 Å². The lowest BCUT2D eigenvalue weighted by Crippen LogP contribution is -2.35. The Bertz CT molecular complexity index is 1080. The van der Waals surface area contributed by atoms with Crippen LogP contribution >= 0.6 is 11.6 Å². The van der Waals surface area contributed by atoms with E-state index >= 15 is 0 Å². The molecule has 0 saturated carbocycles. The van der Waals surface area contributed by atoms with Crippen molar-refractivity contribution in [3.05, 3.63) is 75.5 Å². The lowest BCUT2D eigenvalue weighted by Gasteiger charge is -2.27. The van der Waals surface area contributed by atoms with Crippen molar-refractivity contribution in [3.63, 3.8) is 0 Å². The summed E-state index contributed by atoms with van der Waals surface area (Å²) in [4.78, 5) is 27.6. The van der Waals surface area contributed by atoms with Gasteiger partial charge in [0.1, 0.15) is 11.4 Å². The van der Waals surface area contributed by atoms with Crippen molar-refractivity contribution in [1.82, 2.24) is 9.78 Å². The average Bonchev–Trinajstić information content (AvgIpc) is 2.72. The summed E-state index contributed by atoms with van der Waals surface area (Å²) in [6.07, 6.45) is 0. The van der Waals surface area contributed by atoms with Crippen LogP contribution in [0.2, 0.25) is 5.02 Å². The first-order chi connectivity index (χ1) is 14.0. The predicted molar refractivity (Wildman–Crippen MR) is 115 cm³/mol. The quantitative estimate of drug-likeness (QED) is 0.596. The Morgan fingerprint density at radius 3 is 2.48 bits per heavy atom. The molecule has 0 aliphatic carbocycles. The number of anilines is 2. The fourth-order valence-corrected chi connectivity index (χ4v) is 3.45. The second-order valence-corrected chi connectivity index (χ2v) is 6.91. The van der Waals surface area contributed by atoms with Gasteiger partial charge in [-0.25, -0.2) is 4.68 Å². The SMILES string of the molecule is CCn1nc(-c2ccccc2)c(C(C)=O)c(N(CCO)c2cccc(Cl)c2)c1=O. The standard InChI is InChI=1S/C22H22ClN3O3/c1-3-26-22(29)21(25(12-13-27)18-11-7-10-17(23)14-18)19(15(2)28)20(24-26)16-8-5-4-6-9-16/h4-11,14,27H,3,12-13H2,1-2H3. The first-order valence-corrected chi connectivity index (χ1v) is 9.71. The van der Waals surface area contributed by atoms with Gasteiger partial charge in [0.05, 0.1) is 12.2 Å². The van der Waals surface area contributed by atoms with Gasteiger partial charge in [0.25, 0.3) is 5.56 Å². The van der Waals surface area contributed by atoms with Gasteiger partial charge in [-0.15, -0.1) is 0 Å². The van der Waals surface area contributed by atoms with Crippen molar-refractivity contribution in [3.8, 4) is 11.3 Å². The number of nitrogens with zero attached hydrogens (tertiary/aromatic N) is 3. The van der Waals surface area contributed by atoms with Gasteiger partial charge in [0.15, 0.2) is 5.78 Å². The van der Waals surface area contributed by atoms with Gasteiger partial charge in [0.2, 0.25) is 0 Å². The first kappa shape index (κ1) is 20.8. The predicted octanol–water partition coefficient (Wildman–Crippen LogP) is 3.92. The van der Waals surface area contributed by atoms with Crippen LogP contribution in [0.15, 0.2) is 59.4 Å². The van der Waals surface area contributed by atoms with E-state index in [9.17, 15) is 14.7 Å². The summed E-state index contributed by atoms with van der Waals surface area (Å²) in [5.41, 5.74) is 1.78. The number of carbonyl (C=O) groups is 1. The van der Waals surface area contributed by atoms with Crippen LogP contribution < -0.4 is 10.5 Å². The molecule has 0 radical (unpaired) electrons. The maximum Gasteiger partial charge on any atom is 0.291 e. The number of Topliss-reactive ketones (excluding diaryl/α,β-unsaturated/α-hetero) is 1. The van der Waals surface area contributed by atoms with Crippen LogP contribution in [0.5, 0.6) is 0 Å². The molecule has 6 nitrogen and oxygen atoms in total. The van der Waals surface area contributed by atoms with Gasteiger partial charge in [-0.05, 0) is 32.0 Å². The van der Waals surface area contributed by atoms with Crippen LogP contribution in [0.4, 0.5) is 11.4 Å². The van der Waals surface area contributed by atoms with E-state index < -0.39 is 5.56 Å². The Morgan fingerprint density at radius 1 is 1.17 bits per heavy atom. The summed E-state index contributed by atoms with van der Waals surface area (Å²) in [6, 6.07) is 16.2. The van der Waals surface area contributed by atoms with E-state index in [1.807, 2.05) is 37.3 Å². The molecule has 150 valence electrons. The normalized spacial score (nSPS) is 10.8. The van der Waals surface area contributed by atoms with Crippen molar-refractivity contribution in [2.45, 2.75) is 20.4 Å². The number of aromatic nitrogens is 2. The lowest BCUT2D eigenvalue weighted by atomic mass is 10.0. The third-order valence-electron chi connectivity index (χ3n) is 4.54. The van der Waals surface area contributed by atoms with E-state index in [-0.39, 0.29) is 30.2 Å². The number of benzene rings is 2. The molecule has 0 amide bonds. The minimum atomic E-state index is -0.397. The van der Waals surface area contributed by atoms with Crippen molar-refractivity contribution in [2.75, 3.05) is 18.1 Å². The van der Waals surface area contributed by atoms with Gasteiger partial charge in [-0.3, -0.25) is 9.59 Å². The number of hydrogen-bond donors (Lipinski definition) is 1. The summed E-state index contributed by atoms with van der Waals surface area (Å²) < 4.78 is 1.33. The number of aliphatic hydroxyl groups is 1. The van der Waals surface area contributed by atoms with E-state index in [1.54, 1.807) is 29.2 Å². The van der Waals surface area contributed by atoms with Crippen molar-refractivity contribution in [1.29, 1.82) is 0 Å². The molecule has 0 spiro atoms. The lowest BCUT2D eigenvalue weighted by molar-refractivity contribution is 0.101. The molecule has 1 N–H and O–H groups in total. The highest BCUT2D eigenvalue weighted by Crippen LogP contribution is 2.32. The molecule has 1 aromatic heterocycles. The summed E-state index contributed by atoms with van der Waals surface area (Å²) in [5.74, 6) is -0.281. The van der Waals surface area contributed by atoms with Gasteiger partial charge in [0, 0.05) is 29.4 Å². The van der Waals surface area contributed by atoms with Crippen molar-refractivity contribution < 1.29 is 9.90 Å². The molecular weight excluding hydrogens is 390 g/mol. The zero-order chi connectivity index (χ0) is 21.0. The number of aryl methyl sites for hydroxylation is 1. The molecule has 0 aliphatic heterocycles. The Morgan fingerprint density at radius 2 is 1.90 bits per heavy atom. The fraction of sp³-hybridized carbons (Fsp3) is 0.227. The molecule has 3 aromatic rings. The molecule has 3 rings (SSSR count). The van der Waals surface area contributed by atoms with Crippen LogP contribution in [-0.4, -0.2) is 33.8 Å². The monoisotopic (exact) mass is 411 g/mol. The smallest absolute Gasteiger partial charge is 0.291 e.